The van der Waals surface area contributed by atoms with Crippen molar-refractivity contribution in [2.75, 3.05) is 0 Å². The van der Waals surface area contributed by atoms with E-state index in [9.17, 15) is 0 Å². The topological polar surface area (TPSA) is 0 Å². The Kier molecular flexibility index (Phi) is 4.43. The van der Waals surface area contributed by atoms with E-state index in [1.54, 1.807) is 5.19 Å². The van der Waals surface area contributed by atoms with E-state index in [2.05, 4.69) is 64.2 Å². The van der Waals surface area contributed by atoms with Gasteiger partial charge in [-0.1, -0.05) is 77.3 Å². The molecule has 0 nitrogen and oxygen atoms in total. The lowest BCUT2D eigenvalue weighted by molar-refractivity contribution is 1.21. The number of hydrogen-bond donors (Lipinski definition) is 0. The average Bonchev–Trinajstić information content (AvgIpc) is 2.33. The summed E-state index contributed by atoms with van der Waals surface area (Å²) in [5.41, 5.74) is -0.161. The van der Waals surface area contributed by atoms with E-state index in [1.165, 1.54) is 19.0 Å². The molecule has 0 bridgehead atoms. The highest BCUT2D eigenvalue weighted by Crippen LogP contribution is 2.30. The highest BCUT2D eigenvalue weighted by molar-refractivity contribution is 7.46. The summed E-state index contributed by atoms with van der Waals surface area (Å²) in [7, 11) is -1.30. The predicted octanol–water partition coefficient (Wildman–Crippen LogP) is 4.19. The van der Waals surface area contributed by atoms with Gasteiger partial charge in [-0.3, -0.25) is 0 Å². The molecule has 0 amide bonds. The Balaban J connectivity index is 3.18. The van der Waals surface area contributed by atoms with Crippen LogP contribution in [0.4, 0.5) is 0 Å². The third-order valence-electron chi connectivity index (χ3n) is 5.39. The minimum atomic E-state index is -1.30. The van der Waals surface area contributed by atoms with Crippen molar-refractivity contribution in [2.45, 2.75) is 52.8 Å². The van der Waals surface area contributed by atoms with Gasteiger partial charge in [0.15, 0.2) is 0 Å². The van der Waals surface area contributed by atoms with E-state index in [0.717, 1.165) is 0 Å². The molecule has 0 saturated carbocycles. The van der Waals surface area contributed by atoms with Gasteiger partial charge in [0.2, 0.25) is 0 Å². The Morgan fingerprint density at radius 3 is 1.69 bits per heavy atom. The molecule has 0 spiro atoms. The summed E-state index contributed by atoms with van der Waals surface area (Å²) in [4.78, 5) is 0. The van der Waals surface area contributed by atoms with Gasteiger partial charge in [-0.15, -0.1) is 0 Å². The molecule has 1 rings (SSSR count). The lowest BCUT2D eigenvalue weighted by atomic mass is 9.41. The summed E-state index contributed by atoms with van der Waals surface area (Å²) in [6.07, 6.45) is 4.13. The van der Waals surface area contributed by atoms with E-state index in [4.69, 9.17) is 0 Å². The summed E-state index contributed by atoms with van der Waals surface area (Å²) >= 11 is 0. The zero-order valence-electron chi connectivity index (χ0n) is 11.6. The van der Waals surface area contributed by atoms with E-state index < -0.39 is 7.94 Å². The molecule has 0 aromatic heterocycles. The Bertz CT molecular complexity index is 307. The normalized spacial score (nSPS) is 12.8. The standard InChI is InChI=1S/C14H26BSi/c1-6-15(7-2,8-3)16(4,5)14-12-10-9-11-13-14/h9-13H,6-8H2,1-5H3/q-1. The van der Waals surface area contributed by atoms with Gasteiger partial charge in [-0.25, -0.2) is 0 Å². The van der Waals surface area contributed by atoms with Crippen LogP contribution >= 0.6 is 0 Å². The largest absolute Gasteiger partial charge is 0.182 e. The highest BCUT2D eigenvalue weighted by Gasteiger charge is 2.37. The summed E-state index contributed by atoms with van der Waals surface area (Å²) in [5.74, 6) is 0. The van der Waals surface area contributed by atoms with Crippen molar-refractivity contribution in [3.63, 3.8) is 0 Å². The number of rotatable bonds is 5. The van der Waals surface area contributed by atoms with Crippen molar-refractivity contribution in [1.29, 1.82) is 0 Å². The van der Waals surface area contributed by atoms with Crippen molar-refractivity contribution in [2.24, 2.45) is 0 Å². The summed E-state index contributed by atoms with van der Waals surface area (Å²) in [6, 6.07) is 11.2. The van der Waals surface area contributed by atoms with Crippen molar-refractivity contribution >= 4 is 18.9 Å². The second-order valence-electron chi connectivity index (χ2n) is 5.79. The molecule has 1 aromatic carbocycles. The van der Waals surface area contributed by atoms with Crippen molar-refractivity contribution in [3.05, 3.63) is 30.3 Å². The van der Waals surface area contributed by atoms with Gasteiger partial charge in [-0.2, -0.15) is 19.0 Å². The Morgan fingerprint density at radius 2 is 1.31 bits per heavy atom. The SMILES string of the molecule is CC[B-](CC)(CC)[Si](C)(C)c1ccccc1. The van der Waals surface area contributed by atoms with Crippen LogP contribution in [-0.4, -0.2) is 13.7 Å². The third-order valence-corrected chi connectivity index (χ3v) is 11.5. The highest BCUT2D eigenvalue weighted by atomic mass is 28.3. The fraction of sp³-hybridized carbons (Fsp3) is 0.571. The maximum atomic E-state index is 2.57. The van der Waals surface area contributed by atoms with Crippen molar-refractivity contribution in [3.8, 4) is 0 Å². The Morgan fingerprint density at radius 1 is 0.875 bits per heavy atom. The summed E-state index contributed by atoms with van der Waals surface area (Å²) in [5, 5.41) is 1.64. The number of benzene rings is 1. The molecule has 0 saturated heterocycles. The fourth-order valence-corrected chi connectivity index (χ4v) is 8.44. The lowest BCUT2D eigenvalue weighted by Crippen LogP contribution is -2.65. The first-order valence-electron chi connectivity index (χ1n) is 6.80. The second-order valence-corrected chi connectivity index (χ2v) is 11.0. The van der Waals surface area contributed by atoms with Crippen LogP contribution < -0.4 is 5.19 Å². The van der Waals surface area contributed by atoms with Crippen LogP contribution in [0.3, 0.4) is 0 Å². The molecule has 1 aromatic rings. The van der Waals surface area contributed by atoms with Crippen LogP contribution in [0.15, 0.2) is 30.3 Å². The van der Waals surface area contributed by atoms with Crippen molar-refractivity contribution < 1.29 is 0 Å². The summed E-state index contributed by atoms with van der Waals surface area (Å²) < 4.78 is 0. The van der Waals surface area contributed by atoms with Gasteiger partial charge in [-0.05, 0) is 0 Å². The molecule has 90 valence electrons. The van der Waals surface area contributed by atoms with Crippen LogP contribution in [0.25, 0.3) is 0 Å². The number of hydrogen-bond acceptors (Lipinski definition) is 0. The van der Waals surface area contributed by atoms with Gasteiger partial charge in [0, 0.05) is 5.74 Å². The van der Waals surface area contributed by atoms with Crippen LogP contribution in [-0.2, 0) is 0 Å². The maximum absolute atomic E-state index is 2.57. The van der Waals surface area contributed by atoms with Crippen LogP contribution in [0.1, 0.15) is 20.8 Å². The monoisotopic (exact) mass is 233 g/mol. The fourth-order valence-electron chi connectivity index (χ4n) is 3.62. The molecule has 0 heterocycles. The minimum absolute atomic E-state index is 0.161. The first kappa shape index (κ1) is 13.6. The molecule has 0 aliphatic heterocycles. The maximum Gasteiger partial charge on any atom is 0.00769 e. The van der Waals surface area contributed by atoms with Gasteiger partial charge < -0.3 is 0 Å². The lowest BCUT2D eigenvalue weighted by Gasteiger charge is -2.51. The third kappa shape index (κ3) is 2.13. The molecule has 0 N–H and O–H groups in total. The van der Waals surface area contributed by atoms with Gasteiger partial charge >= 0.3 is 0 Å². The van der Waals surface area contributed by atoms with Gasteiger partial charge in [0.25, 0.3) is 0 Å². The van der Waals surface area contributed by atoms with Crippen LogP contribution in [0, 0.1) is 0 Å². The minimum Gasteiger partial charge on any atom is -0.182 e. The zero-order valence-corrected chi connectivity index (χ0v) is 12.6. The smallest absolute Gasteiger partial charge is 0.00769 e. The Hall–Kier alpha value is -0.498. The molecule has 0 radical (unpaired) electrons. The van der Waals surface area contributed by atoms with E-state index >= 15 is 0 Å². The van der Waals surface area contributed by atoms with E-state index in [-0.39, 0.29) is 5.74 Å². The Labute approximate surface area is 102 Å². The predicted molar refractivity (Wildman–Crippen MR) is 80.8 cm³/mol. The summed E-state index contributed by atoms with van der Waals surface area (Å²) in [6.45, 7) is 12.3. The molecule has 0 fully saturated rings. The first-order chi connectivity index (χ1) is 7.54. The first-order valence-corrected chi connectivity index (χ1v) is 9.87. The molecule has 0 unspecified atom stereocenters. The molecule has 0 aliphatic rings. The molecular weight excluding hydrogens is 207 g/mol. The van der Waals surface area contributed by atoms with Gasteiger partial charge in [0.1, 0.15) is 0 Å². The zero-order chi connectivity index (χ0) is 12.2. The molecule has 0 aliphatic carbocycles. The van der Waals surface area contributed by atoms with Crippen LogP contribution in [0.5, 0.6) is 0 Å². The molecule has 2 heteroatoms. The molecule has 16 heavy (non-hydrogen) atoms. The quantitative estimate of drug-likeness (QED) is 0.669. The van der Waals surface area contributed by atoms with Crippen molar-refractivity contribution in [1.82, 2.24) is 0 Å². The molecular formula is C14H26BSi-. The van der Waals surface area contributed by atoms with Gasteiger partial charge in [0.05, 0.1) is 0 Å². The van der Waals surface area contributed by atoms with E-state index in [1.807, 2.05) is 0 Å². The van der Waals surface area contributed by atoms with E-state index in [0.29, 0.717) is 0 Å². The molecule has 0 atom stereocenters. The average molecular weight is 233 g/mol. The van der Waals surface area contributed by atoms with Crippen LogP contribution in [0.2, 0.25) is 32.1 Å². The second kappa shape index (κ2) is 5.22.